The van der Waals surface area contributed by atoms with Gasteiger partial charge in [0.2, 0.25) is 0 Å². The van der Waals surface area contributed by atoms with E-state index in [0.29, 0.717) is 34.7 Å². The number of hydrogen-bond acceptors (Lipinski definition) is 5. The number of hydrogen-bond donors (Lipinski definition) is 0. The first-order valence-corrected chi connectivity index (χ1v) is 9.57. The van der Waals surface area contributed by atoms with Crippen molar-refractivity contribution in [2.75, 3.05) is 7.11 Å². The molecule has 30 heavy (non-hydrogen) atoms. The van der Waals surface area contributed by atoms with E-state index in [1.807, 2.05) is 61.5 Å². The third-order valence-corrected chi connectivity index (χ3v) is 5.18. The van der Waals surface area contributed by atoms with Gasteiger partial charge in [-0.3, -0.25) is 4.79 Å². The summed E-state index contributed by atoms with van der Waals surface area (Å²) in [5.74, 6) is 1.08. The molecule has 3 aromatic heterocycles. The molecule has 5 rings (SSSR count). The van der Waals surface area contributed by atoms with E-state index < -0.39 is 0 Å². The minimum atomic E-state index is -0.140. The highest BCUT2D eigenvalue weighted by molar-refractivity contribution is 5.94. The first kappa shape index (κ1) is 18.1. The first-order valence-electron chi connectivity index (χ1n) is 9.57. The minimum Gasteiger partial charge on any atom is -0.496 e. The highest BCUT2D eigenvalue weighted by Crippen LogP contribution is 2.33. The Labute approximate surface area is 172 Å². The molecule has 0 amide bonds. The van der Waals surface area contributed by atoms with Gasteiger partial charge in [-0.1, -0.05) is 42.0 Å². The van der Waals surface area contributed by atoms with E-state index in [0.717, 1.165) is 11.1 Å². The molecule has 7 heteroatoms. The van der Waals surface area contributed by atoms with Crippen LogP contribution in [0.25, 0.3) is 27.9 Å². The number of nitrogens with zero attached hydrogens (tertiary/aromatic N) is 5. The molecule has 3 heterocycles. The largest absolute Gasteiger partial charge is 0.496 e. The summed E-state index contributed by atoms with van der Waals surface area (Å²) in [6, 6.07) is 17.6. The summed E-state index contributed by atoms with van der Waals surface area (Å²) in [6.45, 7) is 2.51. The average Bonchev–Trinajstić information content (AvgIpc) is 3.24. The summed E-state index contributed by atoms with van der Waals surface area (Å²) in [5.41, 5.74) is 4.04. The molecule has 0 fully saturated rings. The van der Waals surface area contributed by atoms with Crippen LogP contribution in [-0.4, -0.2) is 31.3 Å². The third-order valence-electron chi connectivity index (χ3n) is 5.18. The Morgan fingerprint density at radius 3 is 2.63 bits per heavy atom. The molecule has 0 N–H and O–H groups in total. The van der Waals surface area contributed by atoms with Crippen molar-refractivity contribution < 1.29 is 4.74 Å². The number of aromatic nitrogens is 5. The van der Waals surface area contributed by atoms with Gasteiger partial charge in [0.05, 0.1) is 30.3 Å². The second-order valence-corrected chi connectivity index (χ2v) is 7.13. The molecular weight excluding hydrogens is 378 g/mol. The van der Waals surface area contributed by atoms with Crippen molar-refractivity contribution >= 4 is 16.7 Å². The Hall–Kier alpha value is -4.00. The van der Waals surface area contributed by atoms with Crippen molar-refractivity contribution in [2.45, 2.75) is 13.5 Å². The fourth-order valence-corrected chi connectivity index (χ4v) is 3.67. The van der Waals surface area contributed by atoms with Crippen molar-refractivity contribution in [1.82, 2.24) is 24.1 Å². The lowest BCUT2D eigenvalue weighted by atomic mass is 10.1. The summed E-state index contributed by atoms with van der Waals surface area (Å²) in [7, 11) is 1.61. The van der Waals surface area contributed by atoms with Crippen LogP contribution >= 0.6 is 0 Å². The number of methoxy groups -OCH3 is 1. The Morgan fingerprint density at radius 2 is 1.83 bits per heavy atom. The number of fused-ring (bicyclic) bond motifs is 2. The average molecular weight is 397 g/mol. The van der Waals surface area contributed by atoms with E-state index in [2.05, 4.69) is 15.1 Å². The highest BCUT2D eigenvalue weighted by Gasteiger charge is 2.19. The Morgan fingerprint density at radius 1 is 1.03 bits per heavy atom. The molecule has 0 saturated heterocycles. The molecule has 5 aromatic rings. The van der Waals surface area contributed by atoms with Gasteiger partial charge in [-0.05, 0) is 30.7 Å². The lowest BCUT2D eigenvalue weighted by Gasteiger charge is -2.13. The van der Waals surface area contributed by atoms with Gasteiger partial charge in [0.1, 0.15) is 12.1 Å². The molecule has 0 unspecified atom stereocenters. The number of benzene rings is 2. The van der Waals surface area contributed by atoms with Crippen LogP contribution in [0.5, 0.6) is 5.75 Å². The van der Waals surface area contributed by atoms with Crippen molar-refractivity contribution in [2.24, 2.45) is 0 Å². The maximum atomic E-state index is 13.6. The van der Waals surface area contributed by atoms with Gasteiger partial charge in [-0.25, -0.2) is 4.98 Å². The van der Waals surface area contributed by atoms with E-state index in [1.165, 1.54) is 11.9 Å². The molecule has 0 aliphatic rings. The zero-order valence-corrected chi connectivity index (χ0v) is 16.6. The van der Waals surface area contributed by atoms with E-state index in [9.17, 15) is 4.79 Å². The number of para-hydroxylation sites is 1. The number of pyridine rings is 1. The van der Waals surface area contributed by atoms with E-state index >= 15 is 0 Å². The molecule has 0 spiro atoms. The predicted octanol–water partition coefficient (Wildman–Crippen LogP) is 3.47. The Balaban J connectivity index is 1.81. The topological polar surface area (TPSA) is 74.3 Å². The summed E-state index contributed by atoms with van der Waals surface area (Å²) in [4.78, 5) is 22.3. The van der Waals surface area contributed by atoms with E-state index in [1.54, 1.807) is 22.4 Å². The Kier molecular flexibility index (Phi) is 4.28. The lowest BCUT2D eigenvalue weighted by molar-refractivity contribution is 0.416. The Bertz CT molecular complexity index is 1430. The van der Waals surface area contributed by atoms with Gasteiger partial charge in [-0.2, -0.15) is 14.6 Å². The first-order chi connectivity index (χ1) is 14.7. The SMILES string of the molecule is COc1ccccc1-c1c2c(=O)n(Cc3ccc(C)cc3)ccc2nc2ncnn12. The smallest absolute Gasteiger partial charge is 0.262 e. The molecule has 148 valence electrons. The maximum absolute atomic E-state index is 13.6. The predicted molar refractivity (Wildman–Crippen MR) is 115 cm³/mol. The molecular formula is C23H19N5O2. The number of rotatable bonds is 4. The molecule has 0 bridgehead atoms. The van der Waals surface area contributed by atoms with E-state index in [-0.39, 0.29) is 5.56 Å². The molecule has 2 aromatic carbocycles. The van der Waals surface area contributed by atoms with Crippen LogP contribution in [0.4, 0.5) is 0 Å². The van der Waals surface area contributed by atoms with Crippen LogP contribution in [0, 0.1) is 6.92 Å². The van der Waals surface area contributed by atoms with Crippen LogP contribution in [0.3, 0.4) is 0 Å². The standard InChI is InChI=1S/C23H19N5O2/c1-15-7-9-16(10-8-15)13-27-12-11-18-20(22(27)29)21(28-23(26-18)24-14-25-28)17-5-3-4-6-19(17)30-2/h3-12,14H,13H2,1-2H3. The van der Waals surface area contributed by atoms with Crippen LogP contribution in [-0.2, 0) is 6.54 Å². The minimum absolute atomic E-state index is 0.140. The van der Waals surface area contributed by atoms with Crippen molar-refractivity contribution in [3.8, 4) is 17.0 Å². The van der Waals surface area contributed by atoms with Gasteiger partial charge in [0.15, 0.2) is 0 Å². The maximum Gasteiger partial charge on any atom is 0.262 e. The number of ether oxygens (including phenoxy) is 1. The summed E-state index contributed by atoms with van der Waals surface area (Å²) >= 11 is 0. The molecule has 0 radical (unpaired) electrons. The normalized spacial score (nSPS) is 11.3. The van der Waals surface area contributed by atoms with Crippen molar-refractivity contribution in [3.63, 3.8) is 0 Å². The van der Waals surface area contributed by atoms with Gasteiger partial charge in [-0.15, -0.1) is 0 Å². The molecule has 0 atom stereocenters. The highest BCUT2D eigenvalue weighted by atomic mass is 16.5. The monoisotopic (exact) mass is 397 g/mol. The van der Waals surface area contributed by atoms with Crippen LogP contribution in [0.2, 0.25) is 0 Å². The quantitative estimate of drug-likeness (QED) is 0.464. The zero-order valence-electron chi connectivity index (χ0n) is 16.6. The lowest BCUT2D eigenvalue weighted by Crippen LogP contribution is -2.22. The fraction of sp³-hybridized carbons (Fsp3) is 0.130. The zero-order chi connectivity index (χ0) is 20.7. The van der Waals surface area contributed by atoms with Gasteiger partial charge in [0, 0.05) is 11.8 Å². The van der Waals surface area contributed by atoms with Crippen LogP contribution in [0.1, 0.15) is 11.1 Å². The van der Waals surface area contributed by atoms with Crippen LogP contribution < -0.4 is 10.3 Å². The van der Waals surface area contributed by atoms with Gasteiger partial charge < -0.3 is 9.30 Å². The second kappa shape index (κ2) is 7.11. The fourth-order valence-electron chi connectivity index (χ4n) is 3.67. The van der Waals surface area contributed by atoms with Crippen LogP contribution in [0.15, 0.2) is 71.9 Å². The molecule has 7 nitrogen and oxygen atoms in total. The van der Waals surface area contributed by atoms with Gasteiger partial charge in [0.25, 0.3) is 11.3 Å². The summed E-state index contributed by atoms with van der Waals surface area (Å²) in [6.07, 6.45) is 3.21. The van der Waals surface area contributed by atoms with Gasteiger partial charge >= 0.3 is 0 Å². The second-order valence-electron chi connectivity index (χ2n) is 7.13. The van der Waals surface area contributed by atoms with Crippen molar-refractivity contribution in [1.29, 1.82) is 0 Å². The van der Waals surface area contributed by atoms with Crippen molar-refractivity contribution in [3.05, 3.63) is 88.6 Å². The van der Waals surface area contributed by atoms with E-state index in [4.69, 9.17) is 4.74 Å². The summed E-state index contributed by atoms with van der Waals surface area (Å²) in [5, 5.41) is 4.80. The summed E-state index contributed by atoms with van der Waals surface area (Å²) < 4.78 is 8.85. The molecule has 0 saturated carbocycles. The molecule has 0 aliphatic heterocycles. The third kappa shape index (κ3) is 2.91. The number of aryl methyl sites for hydroxylation is 1. The molecule has 0 aliphatic carbocycles.